The summed E-state index contributed by atoms with van der Waals surface area (Å²) < 4.78 is 27.9. The van der Waals surface area contributed by atoms with Crippen molar-refractivity contribution >= 4 is 27.3 Å². The van der Waals surface area contributed by atoms with E-state index < -0.39 is 11.6 Å². The van der Waals surface area contributed by atoms with Crippen LogP contribution in [0.5, 0.6) is 0 Å². The van der Waals surface area contributed by atoms with Crippen molar-refractivity contribution in [1.82, 2.24) is 5.32 Å². The second-order valence-corrected chi connectivity index (χ2v) is 5.98. The van der Waals surface area contributed by atoms with Crippen molar-refractivity contribution in [2.75, 3.05) is 7.05 Å². The minimum Gasteiger partial charge on any atom is -0.316 e. The minimum absolute atomic E-state index is 0.00731. The Labute approximate surface area is 123 Å². The number of likely N-dealkylation sites (N-methyl/N-ethyl adjacent to an activating group) is 1. The summed E-state index contributed by atoms with van der Waals surface area (Å²) in [6.45, 7) is 0. The molecule has 0 saturated heterocycles. The largest absolute Gasteiger partial charge is 0.316 e. The number of thiophene rings is 1. The summed E-state index contributed by atoms with van der Waals surface area (Å²) in [4.78, 5) is 0. The summed E-state index contributed by atoms with van der Waals surface area (Å²) in [5.74, 6) is -1.00. The van der Waals surface area contributed by atoms with Crippen molar-refractivity contribution in [3.8, 4) is 0 Å². The molecule has 1 N–H and O–H groups in total. The molecule has 0 radical (unpaired) electrons. The first kappa shape index (κ1) is 14.6. The smallest absolute Gasteiger partial charge is 0.143 e. The molecule has 0 fully saturated rings. The van der Waals surface area contributed by atoms with Crippen LogP contribution in [0.15, 0.2) is 33.4 Å². The van der Waals surface area contributed by atoms with Crippen LogP contribution in [0.1, 0.15) is 11.1 Å². The highest BCUT2D eigenvalue weighted by molar-refractivity contribution is 9.10. The van der Waals surface area contributed by atoms with E-state index in [0.29, 0.717) is 10.9 Å². The predicted octanol–water partition coefficient (Wildman–Crippen LogP) is 4.16. The molecule has 1 atom stereocenters. The van der Waals surface area contributed by atoms with Gasteiger partial charge >= 0.3 is 0 Å². The van der Waals surface area contributed by atoms with Gasteiger partial charge in [-0.2, -0.15) is 11.3 Å². The molecule has 2 rings (SSSR count). The van der Waals surface area contributed by atoms with E-state index in [9.17, 15) is 8.78 Å². The van der Waals surface area contributed by atoms with Gasteiger partial charge in [-0.15, -0.1) is 0 Å². The van der Waals surface area contributed by atoms with Crippen LogP contribution in [-0.4, -0.2) is 13.1 Å². The van der Waals surface area contributed by atoms with Crippen LogP contribution < -0.4 is 5.32 Å². The van der Waals surface area contributed by atoms with Crippen molar-refractivity contribution in [2.45, 2.75) is 18.9 Å². The molecular formula is C14H14BrF2NS. The molecule has 0 aliphatic carbocycles. The van der Waals surface area contributed by atoms with Gasteiger partial charge < -0.3 is 5.32 Å². The summed E-state index contributed by atoms with van der Waals surface area (Å²) >= 11 is 4.72. The molecule has 2 aromatic rings. The van der Waals surface area contributed by atoms with Crippen LogP contribution in [0.25, 0.3) is 0 Å². The quantitative estimate of drug-likeness (QED) is 0.802. The molecular weight excluding hydrogens is 332 g/mol. The topological polar surface area (TPSA) is 12.0 Å². The third kappa shape index (κ3) is 3.61. The summed E-state index contributed by atoms with van der Waals surface area (Å²) in [6.07, 6.45) is 1.08. The van der Waals surface area contributed by atoms with Gasteiger partial charge in [0.05, 0.1) is 4.47 Å². The lowest BCUT2D eigenvalue weighted by molar-refractivity contribution is 0.500. The molecule has 1 aromatic carbocycles. The normalized spacial score (nSPS) is 12.6. The van der Waals surface area contributed by atoms with Gasteiger partial charge in [0.2, 0.25) is 0 Å². The van der Waals surface area contributed by atoms with Crippen molar-refractivity contribution in [3.63, 3.8) is 0 Å². The highest BCUT2D eigenvalue weighted by Gasteiger charge is 2.17. The van der Waals surface area contributed by atoms with Gasteiger partial charge in [0.25, 0.3) is 0 Å². The average molecular weight is 346 g/mol. The van der Waals surface area contributed by atoms with Crippen molar-refractivity contribution in [3.05, 3.63) is 56.2 Å². The van der Waals surface area contributed by atoms with Crippen LogP contribution in [-0.2, 0) is 12.8 Å². The number of halogens is 3. The van der Waals surface area contributed by atoms with Crippen LogP contribution in [0, 0.1) is 11.6 Å². The summed E-state index contributed by atoms with van der Waals surface area (Å²) in [5.41, 5.74) is 1.31. The number of nitrogens with one attached hydrogen (secondary N) is 1. The Bertz CT molecular complexity index is 543. The molecule has 1 nitrogen and oxygen atoms in total. The van der Waals surface area contributed by atoms with Gasteiger partial charge in [0.1, 0.15) is 11.6 Å². The predicted molar refractivity (Wildman–Crippen MR) is 78.6 cm³/mol. The molecule has 1 unspecified atom stereocenters. The fraction of sp³-hybridized carbons (Fsp3) is 0.286. The second kappa shape index (κ2) is 6.59. The molecule has 0 amide bonds. The lowest BCUT2D eigenvalue weighted by Crippen LogP contribution is -2.30. The van der Waals surface area contributed by atoms with E-state index in [1.54, 1.807) is 11.3 Å². The maximum Gasteiger partial charge on any atom is 0.143 e. The zero-order chi connectivity index (χ0) is 13.8. The molecule has 0 saturated carbocycles. The second-order valence-electron chi connectivity index (χ2n) is 4.35. The molecule has 1 aromatic heterocycles. The summed E-state index contributed by atoms with van der Waals surface area (Å²) in [7, 11) is 1.81. The summed E-state index contributed by atoms with van der Waals surface area (Å²) in [5, 5.41) is 7.17. The Hall–Kier alpha value is -0.780. The molecule has 0 bridgehead atoms. The van der Waals surface area contributed by atoms with E-state index in [-0.39, 0.29) is 11.6 Å². The van der Waals surface area contributed by atoms with Crippen LogP contribution in [0.4, 0.5) is 8.78 Å². The third-order valence-corrected chi connectivity index (χ3v) is 4.40. The van der Waals surface area contributed by atoms with Crippen molar-refractivity contribution in [1.29, 1.82) is 0 Å². The van der Waals surface area contributed by atoms with Gasteiger partial charge in [-0.25, -0.2) is 8.78 Å². The van der Waals surface area contributed by atoms with Gasteiger partial charge in [0.15, 0.2) is 0 Å². The van der Waals surface area contributed by atoms with Crippen LogP contribution >= 0.6 is 27.3 Å². The monoisotopic (exact) mass is 345 g/mol. The Morgan fingerprint density at radius 1 is 1.26 bits per heavy atom. The van der Waals surface area contributed by atoms with E-state index in [1.165, 1.54) is 17.7 Å². The lowest BCUT2D eigenvalue weighted by Gasteiger charge is -2.17. The standard InChI is InChI=1S/C14H14BrF2NS/c1-18-10(6-9-4-5-19-8-9)7-11-13(16)3-2-12(15)14(11)17/h2-5,8,10,18H,6-7H2,1H3. The SMILES string of the molecule is CNC(Cc1ccsc1)Cc1c(F)ccc(Br)c1F. The first-order chi connectivity index (χ1) is 9.11. The number of hydrogen-bond donors (Lipinski definition) is 1. The van der Waals surface area contributed by atoms with Crippen LogP contribution in [0.3, 0.4) is 0 Å². The molecule has 5 heteroatoms. The third-order valence-electron chi connectivity index (χ3n) is 3.06. The zero-order valence-corrected chi connectivity index (χ0v) is 12.8. The maximum atomic E-state index is 13.9. The van der Waals surface area contributed by atoms with Gasteiger partial charge in [-0.1, -0.05) is 0 Å². The number of rotatable bonds is 5. The molecule has 0 aliphatic heterocycles. The fourth-order valence-electron chi connectivity index (χ4n) is 1.97. The molecule has 0 spiro atoms. The van der Waals surface area contributed by atoms with Gasteiger partial charge in [-0.05, 0) is 70.3 Å². The number of hydrogen-bond acceptors (Lipinski definition) is 2. The Balaban J connectivity index is 2.16. The van der Waals surface area contributed by atoms with Gasteiger partial charge in [0, 0.05) is 11.6 Å². The highest BCUT2D eigenvalue weighted by atomic mass is 79.9. The van der Waals surface area contributed by atoms with Crippen molar-refractivity contribution in [2.24, 2.45) is 0 Å². The van der Waals surface area contributed by atoms with Crippen molar-refractivity contribution < 1.29 is 8.78 Å². The van der Waals surface area contributed by atoms with E-state index in [1.807, 2.05) is 18.5 Å². The highest BCUT2D eigenvalue weighted by Crippen LogP contribution is 2.23. The molecule has 0 aliphatic rings. The Morgan fingerprint density at radius 2 is 2.05 bits per heavy atom. The molecule has 19 heavy (non-hydrogen) atoms. The first-order valence-corrected chi connectivity index (χ1v) is 7.66. The Kier molecular flexibility index (Phi) is 5.07. The molecule has 1 heterocycles. The molecule has 102 valence electrons. The van der Waals surface area contributed by atoms with Crippen LogP contribution in [0.2, 0.25) is 0 Å². The van der Waals surface area contributed by atoms with E-state index in [2.05, 4.69) is 26.6 Å². The summed E-state index contributed by atoms with van der Waals surface area (Å²) in [6, 6.07) is 4.72. The maximum absolute atomic E-state index is 13.9. The van der Waals surface area contributed by atoms with E-state index >= 15 is 0 Å². The Morgan fingerprint density at radius 3 is 2.68 bits per heavy atom. The minimum atomic E-state index is -0.509. The fourth-order valence-corrected chi connectivity index (χ4v) is 3.03. The van der Waals surface area contributed by atoms with Gasteiger partial charge in [-0.3, -0.25) is 0 Å². The zero-order valence-electron chi connectivity index (χ0n) is 10.4. The van der Waals surface area contributed by atoms with E-state index in [0.717, 1.165) is 6.42 Å². The average Bonchev–Trinajstić information content (AvgIpc) is 2.90. The van der Waals surface area contributed by atoms with E-state index in [4.69, 9.17) is 0 Å². The first-order valence-electron chi connectivity index (χ1n) is 5.92. The number of benzene rings is 1. The lowest BCUT2D eigenvalue weighted by atomic mass is 10.00.